The highest BCUT2D eigenvalue weighted by Gasteiger charge is 2.27. The van der Waals surface area contributed by atoms with Gasteiger partial charge in [-0.05, 0) is 49.9 Å². The van der Waals surface area contributed by atoms with E-state index in [1.54, 1.807) is 18.2 Å². The van der Waals surface area contributed by atoms with Gasteiger partial charge in [-0.3, -0.25) is 4.79 Å². The predicted octanol–water partition coefficient (Wildman–Crippen LogP) is 3.26. The first-order chi connectivity index (χ1) is 13.8. The zero-order chi connectivity index (χ0) is 18.9. The van der Waals surface area contributed by atoms with Crippen LogP contribution in [0.15, 0.2) is 36.4 Å². The van der Waals surface area contributed by atoms with Crippen LogP contribution in [0.5, 0.6) is 28.7 Å². The lowest BCUT2D eigenvalue weighted by Crippen LogP contribution is -2.39. The molecule has 28 heavy (non-hydrogen) atoms. The summed E-state index contributed by atoms with van der Waals surface area (Å²) in [4.78, 5) is 12.6. The normalized spacial score (nSPS) is 22.0. The second-order valence-electron chi connectivity index (χ2n) is 7.12. The molecule has 2 aliphatic heterocycles. The SMILES string of the molecule is O=C(NC1CCC(Oc2ccc3c(c2)OCO3)CC1)c1cccc2c1OCO2. The molecule has 0 saturated heterocycles. The number of benzene rings is 2. The highest BCUT2D eigenvalue weighted by Crippen LogP contribution is 2.37. The number of rotatable bonds is 4. The van der Waals surface area contributed by atoms with Gasteiger partial charge in [0.2, 0.25) is 13.6 Å². The second-order valence-corrected chi connectivity index (χ2v) is 7.12. The molecule has 5 rings (SSSR count). The van der Waals surface area contributed by atoms with Crippen LogP contribution in [0.4, 0.5) is 0 Å². The molecule has 0 atom stereocenters. The molecule has 1 saturated carbocycles. The lowest BCUT2D eigenvalue weighted by Gasteiger charge is -2.29. The number of ether oxygens (including phenoxy) is 5. The molecule has 0 spiro atoms. The molecule has 1 aliphatic carbocycles. The van der Waals surface area contributed by atoms with E-state index in [2.05, 4.69) is 5.32 Å². The van der Waals surface area contributed by atoms with Gasteiger partial charge in [0.15, 0.2) is 23.0 Å². The topological polar surface area (TPSA) is 75.3 Å². The fraction of sp³-hybridized carbons (Fsp3) is 0.381. The molecule has 2 aromatic rings. The summed E-state index contributed by atoms with van der Waals surface area (Å²) >= 11 is 0. The van der Waals surface area contributed by atoms with Crippen LogP contribution in [0.3, 0.4) is 0 Å². The fourth-order valence-electron chi connectivity index (χ4n) is 3.84. The van der Waals surface area contributed by atoms with Gasteiger partial charge in [0.1, 0.15) is 5.75 Å². The third-order valence-corrected chi connectivity index (χ3v) is 5.30. The predicted molar refractivity (Wildman–Crippen MR) is 99.3 cm³/mol. The van der Waals surface area contributed by atoms with Crippen LogP contribution < -0.4 is 29.0 Å². The Morgan fingerprint density at radius 2 is 1.68 bits per heavy atom. The molecule has 7 heteroatoms. The maximum absolute atomic E-state index is 12.6. The highest BCUT2D eigenvalue weighted by atomic mass is 16.7. The van der Waals surface area contributed by atoms with Gasteiger partial charge in [-0.25, -0.2) is 0 Å². The quantitative estimate of drug-likeness (QED) is 0.874. The van der Waals surface area contributed by atoms with Crippen molar-refractivity contribution in [2.45, 2.75) is 37.8 Å². The van der Waals surface area contributed by atoms with Crippen molar-refractivity contribution in [1.82, 2.24) is 5.32 Å². The van der Waals surface area contributed by atoms with E-state index in [-0.39, 0.29) is 31.6 Å². The molecule has 3 aliphatic rings. The van der Waals surface area contributed by atoms with Crippen LogP contribution >= 0.6 is 0 Å². The number of fused-ring (bicyclic) bond motifs is 2. The van der Waals surface area contributed by atoms with Crippen molar-refractivity contribution in [3.8, 4) is 28.7 Å². The molecule has 2 heterocycles. The Hall–Kier alpha value is -3.09. The number of carbonyl (C=O) groups excluding carboxylic acids is 1. The largest absolute Gasteiger partial charge is 0.490 e. The zero-order valence-electron chi connectivity index (χ0n) is 15.3. The Kier molecular flexibility index (Phi) is 4.35. The van der Waals surface area contributed by atoms with Gasteiger partial charge in [-0.15, -0.1) is 0 Å². The maximum atomic E-state index is 12.6. The molecule has 146 valence electrons. The zero-order valence-corrected chi connectivity index (χ0v) is 15.3. The van der Waals surface area contributed by atoms with Crippen LogP contribution in [-0.2, 0) is 0 Å². The number of para-hydroxylation sites is 1. The molecule has 1 N–H and O–H groups in total. The van der Waals surface area contributed by atoms with E-state index < -0.39 is 0 Å². The van der Waals surface area contributed by atoms with Gasteiger partial charge in [-0.2, -0.15) is 0 Å². The van der Waals surface area contributed by atoms with E-state index in [0.29, 0.717) is 17.1 Å². The van der Waals surface area contributed by atoms with Gasteiger partial charge in [0.25, 0.3) is 5.91 Å². The fourth-order valence-corrected chi connectivity index (χ4v) is 3.84. The molecule has 1 amide bonds. The minimum atomic E-state index is -0.123. The molecule has 0 unspecified atom stereocenters. The molecule has 2 aromatic carbocycles. The first-order valence-electron chi connectivity index (χ1n) is 9.52. The lowest BCUT2D eigenvalue weighted by molar-refractivity contribution is 0.0889. The molecular weight excluding hydrogens is 362 g/mol. The maximum Gasteiger partial charge on any atom is 0.255 e. The first kappa shape index (κ1) is 17.0. The van der Waals surface area contributed by atoms with Crippen LogP contribution in [-0.4, -0.2) is 31.6 Å². The summed E-state index contributed by atoms with van der Waals surface area (Å²) in [6, 6.07) is 11.1. The summed E-state index contributed by atoms with van der Waals surface area (Å²) in [5.74, 6) is 3.28. The van der Waals surface area contributed by atoms with Gasteiger partial charge in [0, 0.05) is 12.1 Å². The monoisotopic (exact) mass is 383 g/mol. The molecular formula is C21H21NO6. The van der Waals surface area contributed by atoms with Crippen molar-refractivity contribution in [2.24, 2.45) is 0 Å². The molecule has 0 bridgehead atoms. The summed E-state index contributed by atoms with van der Waals surface area (Å²) in [5.41, 5.74) is 0.522. The van der Waals surface area contributed by atoms with Gasteiger partial charge in [0.05, 0.1) is 11.7 Å². The van der Waals surface area contributed by atoms with Gasteiger partial charge >= 0.3 is 0 Å². The van der Waals surface area contributed by atoms with Crippen molar-refractivity contribution in [3.05, 3.63) is 42.0 Å². The number of amides is 1. The van der Waals surface area contributed by atoms with Crippen molar-refractivity contribution in [1.29, 1.82) is 0 Å². The second kappa shape index (κ2) is 7.14. The summed E-state index contributed by atoms with van der Waals surface area (Å²) in [7, 11) is 0. The average Bonchev–Trinajstić information content (AvgIpc) is 3.38. The van der Waals surface area contributed by atoms with Crippen LogP contribution in [0.2, 0.25) is 0 Å². The van der Waals surface area contributed by atoms with Crippen LogP contribution in [0, 0.1) is 0 Å². The lowest BCUT2D eigenvalue weighted by atomic mass is 9.92. The minimum Gasteiger partial charge on any atom is -0.490 e. The van der Waals surface area contributed by atoms with E-state index in [4.69, 9.17) is 23.7 Å². The van der Waals surface area contributed by atoms with E-state index in [1.165, 1.54) is 0 Å². The Balaban J connectivity index is 1.15. The first-order valence-corrected chi connectivity index (χ1v) is 9.52. The van der Waals surface area contributed by atoms with Gasteiger partial charge < -0.3 is 29.0 Å². The number of nitrogens with one attached hydrogen (secondary N) is 1. The number of hydrogen-bond donors (Lipinski definition) is 1. The smallest absolute Gasteiger partial charge is 0.255 e. The standard InChI is InChI=1S/C21H21NO6/c23-21(16-2-1-3-18-20(16)27-12-25-18)22-13-4-6-14(7-5-13)28-15-8-9-17-19(10-15)26-11-24-17/h1-3,8-10,13-14H,4-7,11-12H2,(H,22,23). The summed E-state index contributed by atoms with van der Waals surface area (Å²) < 4.78 is 27.6. The number of carbonyl (C=O) groups is 1. The van der Waals surface area contributed by atoms with E-state index in [1.807, 2.05) is 18.2 Å². The Labute approximate surface area is 162 Å². The van der Waals surface area contributed by atoms with Crippen molar-refractivity contribution in [3.63, 3.8) is 0 Å². The minimum absolute atomic E-state index is 0.123. The third kappa shape index (κ3) is 3.28. The highest BCUT2D eigenvalue weighted by molar-refractivity contribution is 5.98. The van der Waals surface area contributed by atoms with Crippen LogP contribution in [0.1, 0.15) is 36.0 Å². The van der Waals surface area contributed by atoms with Crippen LogP contribution in [0.25, 0.3) is 0 Å². The Morgan fingerprint density at radius 1 is 0.893 bits per heavy atom. The van der Waals surface area contributed by atoms with E-state index in [9.17, 15) is 4.79 Å². The van der Waals surface area contributed by atoms with Crippen molar-refractivity contribution in [2.75, 3.05) is 13.6 Å². The third-order valence-electron chi connectivity index (χ3n) is 5.30. The molecule has 0 aromatic heterocycles. The van der Waals surface area contributed by atoms with E-state index >= 15 is 0 Å². The van der Waals surface area contributed by atoms with E-state index in [0.717, 1.165) is 42.9 Å². The molecule has 1 fully saturated rings. The van der Waals surface area contributed by atoms with Gasteiger partial charge in [-0.1, -0.05) is 6.07 Å². The summed E-state index contributed by atoms with van der Waals surface area (Å²) in [6.45, 7) is 0.410. The Morgan fingerprint density at radius 3 is 2.57 bits per heavy atom. The average molecular weight is 383 g/mol. The van der Waals surface area contributed by atoms with Crippen molar-refractivity contribution >= 4 is 5.91 Å². The molecule has 0 radical (unpaired) electrons. The molecule has 7 nitrogen and oxygen atoms in total. The summed E-state index contributed by atoms with van der Waals surface area (Å²) in [5, 5.41) is 3.12. The Bertz CT molecular complexity index is 890. The van der Waals surface area contributed by atoms with Crippen molar-refractivity contribution < 1.29 is 28.5 Å². The number of hydrogen-bond acceptors (Lipinski definition) is 6. The summed E-state index contributed by atoms with van der Waals surface area (Å²) in [6.07, 6.45) is 3.63.